The number of aromatic amines is 2. The van der Waals surface area contributed by atoms with Crippen LogP contribution in [-0.4, -0.2) is 61.9 Å². The number of anilines is 3. The Morgan fingerprint density at radius 3 is 2.74 bits per heavy atom. The molecule has 4 heterocycles. The lowest BCUT2D eigenvalue weighted by atomic mass is 10.2. The van der Waals surface area contributed by atoms with Crippen molar-refractivity contribution in [2.75, 3.05) is 36.4 Å². The molecule has 12 heteroatoms. The first-order valence-electron chi connectivity index (χ1n) is 11.5. The van der Waals surface area contributed by atoms with Crippen molar-refractivity contribution in [1.29, 1.82) is 0 Å². The Morgan fingerprint density at radius 2 is 2.03 bits per heavy atom. The molecular formula is C23H24ClN9O2. The Hall–Kier alpha value is -3.83. The molecule has 2 aliphatic rings. The largest absolute Gasteiger partial charge is 0.493 e. The molecule has 4 aromatic rings. The van der Waals surface area contributed by atoms with Crippen molar-refractivity contribution in [2.45, 2.75) is 18.9 Å². The van der Waals surface area contributed by atoms with Crippen LogP contribution in [0.2, 0.25) is 5.02 Å². The number of nitrogens with zero attached hydrogens (tertiary/aromatic N) is 5. The van der Waals surface area contributed by atoms with Crippen molar-refractivity contribution in [3.05, 3.63) is 62.4 Å². The van der Waals surface area contributed by atoms with Crippen molar-refractivity contribution in [3.8, 4) is 5.88 Å². The summed E-state index contributed by atoms with van der Waals surface area (Å²) in [5, 5.41) is 22.4. The minimum absolute atomic E-state index is 0.245. The molecule has 1 saturated carbocycles. The van der Waals surface area contributed by atoms with Gasteiger partial charge in [0.15, 0.2) is 11.1 Å². The van der Waals surface area contributed by atoms with Crippen LogP contribution >= 0.6 is 11.6 Å². The molecular weight excluding hydrogens is 470 g/mol. The molecule has 11 nitrogen and oxygen atoms in total. The Kier molecular flexibility index (Phi) is 5.42. The van der Waals surface area contributed by atoms with E-state index in [2.05, 4.69) is 30.6 Å². The number of benzene rings is 1. The van der Waals surface area contributed by atoms with Gasteiger partial charge in [-0.3, -0.25) is 9.98 Å². The number of halogens is 1. The molecule has 0 amide bonds. The van der Waals surface area contributed by atoms with Crippen LogP contribution in [0.3, 0.4) is 0 Å². The number of nitrogens with one attached hydrogen (secondary N) is 4. The first kappa shape index (κ1) is 21.7. The van der Waals surface area contributed by atoms with Crippen molar-refractivity contribution in [1.82, 2.24) is 29.9 Å². The first-order valence-corrected chi connectivity index (χ1v) is 11.9. The summed E-state index contributed by atoms with van der Waals surface area (Å²) in [6.07, 6.45) is 5.34. The van der Waals surface area contributed by atoms with E-state index in [0.717, 1.165) is 50.4 Å². The lowest BCUT2D eigenvalue weighted by Gasteiger charge is -2.30. The zero-order valence-corrected chi connectivity index (χ0v) is 19.5. The average Bonchev–Trinajstić information content (AvgIpc) is 3.48. The van der Waals surface area contributed by atoms with E-state index in [1.807, 2.05) is 24.3 Å². The summed E-state index contributed by atoms with van der Waals surface area (Å²) in [6.45, 7) is 3.71. The van der Waals surface area contributed by atoms with Crippen LogP contribution in [0.25, 0.3) is 11.7 Å². The topological polar surface area (TPSA) is 139 Å². The highest BCUT2D eigenvalue weighted by atomic mass is 35.5. The monoisotopic (exact) mass is 493 g/mol. The Labute approximate surface area is 204 Å². The molecule has 6 rings (SSSR count). The lowest BCUT2D eigenvalue weighted by molar-refractivity contribution is 0.454. The Morgan fingerprint density at radius 1 is 1.20 bits per heavy atom. The minimum Gasteiger partial charge on any atom is -0.493 e. The Bertz CT molecular complexity index is 1580. The third-order valence-corrected chi connectivity index (χ3v) is 6.36. The molecule has 1 aliphatic heterocycles. The van der Waals surface area contributed by atoms with Crippen LogP contribution in [0.4, 0.5) is 17.2 Å². The van der Waals surface area contributed by atoms with Gasteiger partial charge in [0.05, 0.1) is 22.9 Å². The van der Waals surface area contributed by atoms with Crippen LogP contribution in [0.15, 0.2) is 40.2 Å². The predicted molar refractivity (Wildman–Crippen MR) is 133 cm³/mol. The van der Waals surface area contributed by atoms with Gasteiger partial charge in [0.2, 0.25) is 5.88 Å². The maximum Gasteiger partial charge on any atom is 0.326 e. The Balaban J connectivity index is 1.39. The fourth-order valence-corrected chi connectivity index (χ4v) is 4.45. The van der Waals surface area contributed by atoms with E-state index in [-0.39, 0.29) is 17.6 Å². The van der Waals surface area contributed by atoms with Gasteiger partial charge >= 0.3 is 5.69 Å². The third kappa shape index (κ3) is 4.47. The fourth-order valence-electron chi connectivity index (χ4n) is 4.15. The molecule has 1 saturated heterocycles. The molecule has 0 unspecified atom stereocenters. The molecule has 180 valence electrons. The van der Waals surface area contributed by atoms with Gasteiger partial charge in [0.25, 0.3) is 0 Å². The molecule has 3 aromatic heterocycles. The summed E-state index contributed by atoms with van der Waals surface area (Å²) in [5.41, 5.74) is 2.79. The molecule has 5 N–H and O–H groups in total. The van der Waals surface area contributed by atoms with E-state index in [4.69, 9.17) is 21.6 Å². The number of hydrogen-bond donors (Lipinski definition) is 5. The van der Waals surface area contributed by atoms with Crippen molar-refractivity contribution in [2.24, 2.45) is 4.99 Å². The summed E-state index contributed by atoms with van der Waals surface area (Å²) < 4.78 is 1.66. The molecule has 0 bridgehead atoms. The van der Waals surface area contributed by atoms with Crippen LogP contribution in [0.1, 0.15) is 18.5 Å². The van der Waals surface area contributed by atoms with Crippen molar-refractivity contribution >= 4 is 40.5 Å². The number of H-pyrrole nitrogens is 2. The quantitative estimate of drug-likeness (QED) is 0.278. The minimum atomic E-state index is -0.494. The number of piperazine rings is 1. The van der Waals surface area contributed by atoms with E-state index in [1.54, 1.807) is 16.8 Å². The molecule has 0 spiro atoms. The molecule has 0 atom stereocenters. The molecule has 0 radical (unpaired) electrons. The number of hydrogen-bond acceptors (Lipinski definition) is 8. The summed E-state index contributed by atoms with van der Waals surface area (Å²) in [7, 11) is 0. The maximum absolute atomic E-state index is 11.5. The summed E-state index contributed by atoms with van der Waals surface area (Å²) in [5.74, 6) is 0.343. The van der Waals surface area contributed by atoms with E-state index in [0.29, 0.717) is 27.2 Å². The highest BCUT2D eigenvalue weighted by Crippen LogP contribution is 2.30. The first-order chi connectivity index (χ1) is 17.0. The van der Waals surface area contributed by atoms with E-state index in [9.17, 15) is 9.90 Å². The number of aromatic nitrogens is 5. The summed E-state index contributed by atoms with van der Waals surface area (Å²) >= 11 is 6.63. The maximum atomic E-state index is 11.5. The molecule has 1 aliphatic carbocycles. The van der Waals surface area contributed by atoms with Gasteiger partial charge in [0.1, 0.15) is 11.5 Å². The SMILES string of the molecule is O=c1[nH]c(O)c(/C=c2/cnn3c(=NC4CC4)cc(Nc4ccc(N5CCNCC5)c(Cl)c4)nc23)[nH]1. The van der Waals surface area contributed by atoms with Gasteiger partial charge in [0, 0.05) is 43.2 Å². The van der Waals surface area contributed by atoms with Crippen LogP contribution in [0, 0.1) is 0 Å². The van der Waals surface area contributed by atoms with Crippen molar-refractivity contribution in [3.63, 3.8) is 0 Å². The van der Waals surface area contributed by atoms with Gasteiger partial charge in [-0.15, -0.1) is 0 Å². The molecule has 35 heavy (non-hydrogen) atoms. The summed E-state index contributed by atoms with van der Waals surface area (Å²) in [6, 6.07) is 8.04. The number of fused-ring (bicyclic) bond motifs is 1. The smallest absolute Gasteiger partial charge is 0.326 e. The number of aromatic hydroxyl groups is 1. The third-order valence-electron chi connectivity index (χ3n) is 6.05. The van der Waals surface area contributed by atoms with Gasteiger partial charge in [-0.05, 0) is 37.1 Å². The second-order valence-electron chi connectivity index (χ2n) is 8.71. The second-order valence-corrected chi connectivity index (χ2v) is 9.12. The van der Waals surface area contributed by atoms with Crippen LogP contribution < -0.4 is 31.9 Å². The zero-order chi connectivity index (χ0) is 23.9. The lowest BCUT2D eigenvalue weighted by Crippen LogP contribution is -2.43. The average molecular weight is 494 g/mol. The predicted octanol–water partition coefficient (Wildman–Crippen LogP) is 0.869. The highest BCUT2D eigenvalue weighted by Gasteiger charge is 2.20. The normalized spacial score (nSPS) is 17.5. The standard InChI is InChI=1S/C23H24ClN9O2/c24-16-10-15(3-4-18(16)32-7-5-25-6-8-32)27-19-11-20(28-14-1-2-14)33-21(30-19)13(12-26-33)9-17-22(34)31-23(35)29-17/h3-4,9-12,14,25,27,34H,1-2,5-8H2,(H2,29,31,35)/b13-9-,28-20?. The van der Waals surface area contributed by atoms with Crippen LogP contribution in [0.5, 0.6) is 5.88 Å². The van der Waals surface area contributed by atoms with E-state index >= 15 is 0 Å². The summed E-state index contributed by atoms with van der Waals surface area (Å²) in [4.78, 5) is 28.2. The molecule has 2 fully saturated rings. The highest BCUT2D eigenvalue weighted by molar-refractivity contribution is 6.33. The number of imidazole rings is 1. The molecule has 1 aromatic carbocycles. The second kappa shape index (κ2) is 8.75. The van der Waals surface area contributed by atoms with Gasteiger partial charge < -0.3 is 25.6 Å². The fraction of sp³-hybridized carbons (Fsp3) is 0.304. The van der Waals surface area contributed by atoms with Crippen LogP contribution in [-0.2, 0) is 0 Å². The zero-order valence-electron chi connectivity index (χ0n) is 18.8. The van der Waals surface area contributed by atoms with E-state index in [1.165, 1.54) is 0 Å². The van der Waals surface area contributed by atoms with Gasteiger partial charge in [-0.25, -0.2) is 9.78 Å². The van der Waals surface area contributed by atoms with Gasteiger partial charge in [-0.1, -0.05) is 11.6 Å². The number of rotatable bonds is 5. The van der Waals surface area contributed by atoms with E-state index < -0.39 is 5.69 Å². The van der Waals surface area contributed by atoms with Gasteiger partial charge in [-0.2, -0.15) is 9.61 Å². The van der Waals surface area contributed by atoms with Crippen molar-refractivity contribution < 1.29 is 5.11 Å².